The predicted octanol–water partition coefficient (Wildman–Crippen LogP) is -0.295. The highest BCUT2D eigenvalue weighted by Gasteiger charge is 2.48. The highest BCUT2D eigenvalue weighted by atomic mass is 16.4. The number of hydrogen-bond donors (Lipinski definition) is 1. The molecule has 4 heteroatoms. The van der Waals surface area contributed by atoms with Crippen molar-refractivity contribution in [2.24, 2.45) is 5.92 Å². The number of likely N-dealkylation sites (tertiary alicyclic amines) is 2. The Morgan fingerprint density at radius 3 is 2.69 bits per heavy atom. The van der Waals surface area contributed by atoms with Crippen LogP contribution in [0.4, 0.5) is 0 Å². The summed E-state index contributed by atoms with van der Waals surface area (Å²) in [4.78, 5) is 15.2. The molecular formula is C9H16N2O2. The van der Waals surface area contributed by atoms with Gasteiger partial charge in [0.25, 0.3) is 0 Å². The molecule has 0 radical (unpaired) electrons. The minimum absolute atomic E-state index is 0.255. The number of fused-ring (bicyclic) bond motifs is 1. The van der Waals surface area contributed by atoms with E-state index in [1.165, 1.54) is 0 Å². The van der Waals surface area contributed by atoms with Crippen molar-refractivity contribution >= 4 is 5.97 Å². The third-order valence-corrected chi connectivity index (χ3v) is 3.48. The molecule has 2 saturated heterocycles. The molecule has 3 unspecified atom stereocenters. The van der Waals surface area contributed by atoms with Gasteiger partial charge in [-0.05, 0) is 27.1 Å². The number of hydrogen-bond acceptors (Lipinski definition) is 3. The summed E-state index contributed by atoms with van der Waals surface area (Å²) < 4.78 is 0. The van der Waals surface area contributed by atoms with Gasteiger partial charge in [-0.15, -0.1) is 0 Å². The number of likely N-dealkylation sites (N-methyl/N-ethyl adjacent to an activating group) is 2. The van der Waals surface area contributed by atoms with Crippen LogP contribution in [0.3, 0.4) is 0 Å². The summed E-state index contributed by atoms with van der Waals surface area (Å²) in [7, 11) is 3.99. The van der Waals surface area contributed by atoms with Gasteiger partial charge in [-0.3, -0.25) is 9.69 Å². The average molecular weight is 184 g/mol. The summed E-state index contributed by atoms with van der Waals surface area (Å²) in [5.74, 6) is -0.321. The van der Waals surface area contributed by atoms with Crippen molar-refractivity contribution < 1.29 is 9.90 Å². The van der Waals surface area contributed by atoms with Crippen LogP contribution in [0.15, 0.2) is 0 Å². The molecule has 0 aliphatic carbocycles. The summed E-state index contributed by atoms with van der Waals surface area (Å²) in [5.41, 5.74) is 0. The van der Waals surface area contributed by atoms with Gasteiger partial charge in [-0.25, -0.2) is 0 Å². The van der Waals surface area contributed by atoms with Crippen molar-refractivity contribution in [3.63, 3.8) is 0 Å². The zero-order valence-electron chi connectivity index (χ0n) is 8.10. The van der Waals surface area contributed by atoms with Gasteiger partial charge in [0.05, 0.1) is 0 Å². The van der Waals surface area contributed by atoms with Crippen molar-refractivity contribution in [1.29, 1.82) is 0 Å². The first kappa shape index (κ1) is 8.97. The summed E-state index contributed by atoms with van der Waals surface area (Å²) in [6.07, 6.45) is 1.03. The summed E-state index contributed by atoms with van der Waals surface area (Å²) in [6, 6.07) is 0.209. The second kappa shape index (κ2) is 2.96. The van der Waals surface area contributed by atoms with Gasteiger partial charge in [0.15, 0.2) is 0 Å². The van der Waals surface area contributed by atoms with E-state index in [9.17, 15) is 4.79 Å². The molecular weight excluding hydrogens is 168 g/mol. The van der Waals surface area contributed by atoms with Gasteiger partial charge in [-0.1, -0.05) is 0 Å². The van der Waals surface area contributed by atoms with Crippen molar-refractivity contribution in [2.75, 3.05) is 27.2 Å². The van der Waals surface area contributed by atoms with E-state index in [0.29, 0.717) is 12.0 Å². The topological polar surface area (TPSA) is 43.8 Å². The van der Waals surface area contributed by atoms with E-state index >= 15 is 0 Å². The van der Waals surface area contributed by atoms with Gasteiger partial charge in [0.2, 0.25) is 0 Å². The molecule has 74 valence electrons. The lowest BCUT2D eigenvalue weighted by molar-refractivity contribution is -0.143. The summed E-state index contributed by atoms with van der Waals surface area (Å²) in [5, 5.41) is 9.06. The van der Waals surface area contributed by atoms with Crippen LogP contribution >= 0.6 is 0 Å². The quantitative estimate of drug-likeness (QED) is 0.608. The molecule has 1 N–H and O–H groups in total. The molecule has 0 saturated carbocycles. The largest absolute Gasteiger partial charge is 0.480 e. The van der Waals surface area contributed by atoms with Crippen LogP contribution in [0, 0.1) is 5.92 Å². The van der Waals surface area contributed by atoms with E-state index in [1.54, 1.807) is 0 Å². The summed E-state index contributed by atoms with van der Waals surface area (Å²) in [6.45, 7) is 1.95. The molecule has 2 fully saturated rings. The number of carboxylic acids is 1. The molecule has 0 spiro atoms. The third kappa shape index (κ3) is 1.25. The molecule has 0 amide bonds. The van der Waals surface area contributed by atoms with Crippen LogP contribution in [0.1, 0.15) is 6.42 Å². The van der Waals surface area contributed by atoms with Gasteiger partial charge in [-0.2, -0.15) is 0 Å². The highest BCUT2D eigenvalue weighted by Crippen LogP contribution is 2.34. The van der Waals surface area contributed by atoms with Crippen LogP contribution in [0.5, 0.6) is 0 Å². The Morgan fingerprint density at radius 2 is 2.08 bits per heavy atom. The number of carboxylic acid groups (broad SMARTS) is 1. The molecule has 4 nitrogen and oxygen atoms in total. The molecule has 0 bridgehead atoms. The van der Waals surface area contributed by atoms with Crippen LogP contribution in [0.25, 0.3) is 0 Å². The Morgan fingerprint density at radius 1 is 1.38 bits per heavy atom. The Kier molecular flexibility index (Phi) is 2.04. The number of aliphatic carboxylic acids is 1. The molecule has 13 heavy (non-hydrogen) atoms. The average Bonchev–Trinajstić information content (AvgIpc) is 2.51. The maximum absolute atomic E-state index is 11.0. The molecule has 0 aromatic heterocycles. The lowest BCUT2D eigenvalue weighted by Gasteiger charge is -2.18. The van der Waals surface area contributed by atoms with Crippen LogP contribution in [-0.2, 0) is 4.79 Å². The molecule has 2 aliphatic heterocycles. The van der Waals surface area contributed by atoms with Crippen LogP contribution in [0.2, 0.25) is 0 Å². The first-order valence-electron chi connectivity index (χ1n) is 4.74. The zero-order valence-corrected chi connectivity index (χ0v) is 8.10. The lowest BCUT2D eigenvalue weighted by Crippen LogP contribution is -2.37. The monoisotopic (exact) mass is 184 g/mol. The molecule has 3 atom stereocenters. The second-order valence-electron chi connectivity index (χ2n) is 4.22. The zero-order chi connectivity index (χ0) is 9.59. The Bertz CT molecular complexity index is 232. The molecule has 2 heterocycles. The Labute approximate surface area is 78.1 Å². The Balaban J connectivity index is 2.17. The van der Waals surface area contributed by atoms with Crippen LogP contribution < -0.4 is 0 Å². The number of nitrogens with zero attached hydrogens (tertiary/aromatic N) is 2. The van der Waals surface area contributed by atoms with Gasteiger partial charge >= 0.3 is 5.97 Å². The maximum atomic E-state index is 11.0. The highest BCUT2D eigenvalue weighted by molar-refractivity contribution is 5.74. The van der Waals surface area contributed by atoms with Crippen molar-refractivity contribution in [3.05, 3.63) is 0 Å². The molecule has 2 aliphatic rings. The van der Waals surface area contributed by atoms with E-state index in [4.69, 9.17) is 5.11 Å². The fourth-order valence-corrected chi connectivity index (χ4v) is 2.79. The minimum Gasteiger partial charge on any atom is -0.480 e. The van der Waals surface area contributed by atoms with E-state index in [2.05, 4.69) is 11.9 Å². The lowest BCUT2D eigenvalue weighted by atomic mass is 9.97. The first-order chi connectivity index (χ1) is 6.11. The van der Waals surface area contributed by atoms with Crippen LogP contribution in [-0.4, -0.2) is 60.1 Å². The fourth-order valence-electron chi connectivity index (χ4n) is 2.79. The first-order valence-corrected chi connectivity index (χ1v) is 4.74. The maximum Gasteiger partial charge on any atom is 0.321 e. The fraction of sp³-hybridized carbons (Fsp3) is 0.889. The number of carbonyl (C=O) groups is 1. The Hall–Kier alpha value is -0.610. The molecule has 0 aromatic rings. The standard InChI is InChI=1S/C9H16N2O2/c1-10-4-3-6-7(10)5-11(2)8(6)9(12)13/h6-8H,3-5H2,1-2H3,(H,12,13). The number of rotatable bonds is 1. The van der Waals surface area contributed by atoms with Gasteiger partial charge in [0, 0.05) is 18.5 Å². The van der Waals surface area contributed by atoms with E-state index < -0.39 is 5.97 Å². The minimum atomic E-state index is -0.662. The second-order valence-corrected chi connectivity index (χ2v) is 4.22. The molecule has 2 rings (SSSR count). The predicted molar refractivity (Wildman–Crippen MR) is 48.6 cm³/mol. The SMILES string of the molecule is CN1CCC2C1CN(C)C2C(=O)O. The van der Waals surface area contributed by atoms with Gasteiger partial charge < -0.3 is 10.0 Å². The van der Waals surface area contributed by atoms with Crippen molar-refractivity contribution in [3.8, 4) is 0 Å². The van der Waals surface area contributed by atoms with E-state index in [0.717, 1.165) is 19.5 Å². The third-order valence-electron chi connectivity index (χ3n) is 3.48. The van der Waals surface area contributed by atoms with Crippen molar-refractivity contribution in [2.45, 2.75) is 18.5 Å². The molecule has 0 aromatic carbocycles. The van der Waals surface area contributed by atoms with Crippen molar-refractivity contribution in [1.82, 2.24) is 9.80 Å². The van der Waals surface area contributed by atoms with Gasteiger partial charge in [0.1, 0.15) is 6.04 Å². The smallest absolute Gasteiger partial charge is 0.321 e. The summed E-state index contributed by atoms with van der Waals surface area (Å²) >= 11 is 0. The van der Waals surface area contributed by atoms with E-state index in [-0.39, 0.29) is 6.04 Å². The van der Waals surface area contributed by atoms with E-state index in [1.807, 2.05) is 11.9 Å². The normalized spacial score (nSPS) is 40.9.